The van der Waals surface area contributed by atoms with Crippen LogP contribution in [0.15, 0.2) is 30.5 Å². The number of ether oxygens (including phenoxy) is 1. The first kappa shape index (κ1) is 13.2. The van der Waals surface area contributed by atoms with Crippen molar-refractivity contribution in [2.75, 3.05) is 12.3 Å². The van der Waals surface area contributed by atoms with E-state index in [-0.39, 0.29) is 0 Å². The van der Waals surface area contributed by atoms with Crippen LogP contribution >= 0.6 is 0 Å². The highest BCUT2D eigenvalue weighted by atomic mass is 28.3. The molecule has 98 valence electrons. The van der Waals surface area contributed by atoms with E-state index in [9.17, 15) is 0 Å². The van der Waals surface area contributed by atoms with E-state index in [4.69, 9.17) is 10.5 Å². The molecule has 2 rings (SSSR count). The summed E-state index contributed by atoms with van der Waals surface area (Å²) in [6.45, 7) is 8.50. The van der Waals surface area contributed by atoms with Crippen LogP contribution in [0.25, 0.3) is 10.9 Å². The molecule has 3 nitrogen and oxygen atoms in total. The fraction of sp³-hybridized carbons (Fsp3) is 0.429. The third-order valence-corrected chi connectivity index (χ3v) is 4.75. The summed E-state index contributed by atoms with van der Waals surface area (Å²) in [5, 5.41) is 1.17. The van der Waals surface area contributed by atoms with Gasteiger partial charge in [-0.3, -0.25) is 0 Å². The van der Waals surface area contributed by atoms with Crippen LogP contribution in [0.3, 0.4) is 0 Å². The van der Waals surface area contributed by atoms with Crippen molar-refractivity contribution in [2.24, 2.45) is 0 Å². The van der Waals surface area contributed by atoms with Gasteiger partial charge in [0.15, 0.2) is 0 Å². The number of nitrogens with zero attached hydrogens (tertiary/aromatic N) is 1. The summed E-state index contributed by atoms with van der Waals surface area (Å²) in [6.07, 6.45) is 2.04. The van der Waals surface area contributed by atoms with E-state index in [0.29, 0.717) is 6.73 Å². The molecule has 4 heteroatoms. The van der Waals surface area contributed by atoms with Crippen molar-refractivity contribution < 1.29 is 4.74 Å². The van der Waals surface area contributed by atoms with Gasteiger partial charge in [-0.25, -0.2) is 0 Å². The van der Waals surface area contributed by atoms with Crippen molar-refractivity contribution in [1.29, 1.82) is 0 Å². The molecule has 2 aromatic rings. The van der Waals surface area contributed by atoms with Gasteiger partial charge in [-0.1, -0.05) is 31.8 Å². The number of anilines is 1. The fourth-order valence-corrected chi connectivity index (χ4v) is 2.70. The molecule has 0 aliphatic heterocycles. The smallest absolute Gasteiger partial charge is 0.122 e. The highest BCUT2D eigenvalue weighted by molar-refractivity contribution is 6.76. The molecular weight excluding hydrogens is 240 g/mol. The standard InChI is InChI=1S/C14H22N2OSi/c1-18(2,3)10-9-17-11-16-8-7-12-5-4-6-13(15)14(12)16/h4-8H,9-11,15H2,1-3H3. The van der Waals surface area contributed by atoms with Crippen molar-refractivity contribution in [3.05, 3.63) is 30.5 Å². The molecule has 0 radical (unpaired) electrons. The number of para-hydroxylation sites is 1. The zero-order valence-electron chi connectivity index (χ0n) is 11.4. The number of hydrogen-bond acceptors (Lipinski definition) is 2. The van der Waals surface area contributed by atoms with Crippen LogP contribution in [-0.4, -0.2) is 19.2 Å². The lowest BCUT2D eigenvalue weighted by Gasteiger charge is -2.16. The first-order valence-corrected chi connectivity index (χ1v) is 10.1. The Bertz CT molecular complexity index is 528. The molecular formula is C14H22N2OSi. The summed E-state index contributed by atoms with van der Waals surface area (Å²) in [6, 6.07) is 9.26. The molecule has 0 unspecified atom stereocenters. The van der Waals surface area contributed by atoms with Crippen molar-refractivity contribution >= 4 is 24.7 Å². The van der Waals surface area contributed by atoms with E-state index in [0.717, 1.165) is 17.8 Å². The summed E-state index contributed by atoms with van der Waals surface area (Å²) in [5.74, 6) is 0. The maximum absolute atomic E-state index is 6.01. The van der Waals surface area contributed by atoms with E-state index < -0.39 is 8.07 Å². The van der Waals surface area contributed by atoms with Crippen LogP contribution in [0, 0.1) is 0 Å². The summed E-state index contributed by atoms with van der Waals surface area (Å²) < 4.78 is 7.84. The molecule has 0 bridgehead atoms. The Hall–Kier alpha value is -1.26. The number of aromatic nitrogens is 1. The van der Waals surface area contributed by atoms with E-state index in [1.807, 2.05) is 18.3 Å². The maximum Gasteiger partial charge on any atom is 0.122 e. The lowest BCUT2D eigenvalue weighted by molar-refractivity contribution is 0.0903. The normalized spacial score (nSPS) is 12.2. The summed E-state index contributed by atoms with van der Waals surface area (Å²) in [4.78, 5) is 0. The van der Waals surface area contributed by atoms with Gasteiger partial charge in [0, 0.05) is 26.3 Å². The summed E-state index contributed by atoms with van der Waals surface area (Å²) in [5.41, 5.74) is 7.89. The summed E-state index contributed by atoms with van der Waals surface area (Å²) in [7, 11) is -1.00. The largest absolute Gasteiger partial charge is 0.397 e. The van der Waals surface area contributed by atoms with Crippen LogP contribution < -0.4 is 5.73 Å². The van der Waals surface area contributed by atoms with Crippen LogP contribution in [-0.2, 0) is 11.5 Å². The third-order valence-electron chi connectivity index (χ3n) is 3.05. The Morgan fingerprint density at radius 3 is 2.72 bits per heavy atom. The number of nitrogen functional groups attached to an aromatic ring is 1. The quantitative estimate of drug-likeness (QED) is 0.508. The van der Waals surface area contributed by atoms with Gasteiger partial charge >= 0.3 is 0 Å². The lowest BCUT2D eigenvalue weighted by atomic mass is 10.2. The second kappa shape index (κ2) is 5.16. The first-order chi connectivity index (χ1) is 8.47. The van der Waals surface area contributed by atoms with Gasteiger partial charge in [0.05, 0.1) is 11.2 Å². The first-order valence-electron chi connectivity index (χ1n) is 6.38. The second-order valence-electron chi connectivity index (χ2n) is 5.92. The second-order valence-corrected chi connectivity index (χ2v) is 11.5. The molecule has 0 saturated carbocycles. The minimum Gasteiger partial charge on any atom is -0.397 e. The molecule has 1 aromatic carbocycles. The Morgan fingerprint density at radius 1 is 1.22 bits per heavy atom. The van der Waals surface area contributed by atoms with Crippen molar-refractivity contribution in [2.45, 2.75) is 32.4 Å². The highest BCUT2D eigenvalue weighted by Crippen LogP contribution is 2.22. The number of hydrogen-bond donors (Lipinski definition) is 1. The van der Waals surface area contributed by atoms with E-state index in [1.54, 1.807) is 0 Å². The van der Waals surface area contributed by atoms with Gasteiger partial charge in [-0.05, 0) is 18.2 Å². The number of nitrogens with two attached hydrogens (primary N) is 1. The van der Waals surface area contributed by atoms with Crippen molar-refractivity contribution in [3.63, 3.8) is 0 Å². The molecule has 2 N–H and O–H groups in total. The molecule has 1 aromatic heterocycles. The van der Waals surface area contributed by atoms with Gasteiger partial charge in [-0.2, -0.15) is 0 Å². The molecule has 1 heterocycles. The van der Waals surface area contributed by atoms with Crippen LogP contribution in [0.4, 0.5) is 5.69 Å². The molecule has 0 saturated heterocycles. The van der Waals surface area contributed by atoms with E-state index in [1.165, 1.54) is 11.4 Å². The Labute approximate surface area is 110 Å². The fourth-order valence-electron chi connectivity index (χ4n) is 1.94. The summed E-state index contributed by atoms with van der Waals surface area (Å²) >= 11 is 0. The highest BCUT2D eigenvalue weighted by Gasteiger charge is 2.12. The molecule has 0 aliphatic rings. The molecule has 0 amide bonds. The molecule has 0 aliphatic carbocycles. The van der Waals surface area contributed by atoms with Crippen LogP contribution in [0.2, 0.25) is 25.7 Å². The van der Waals surface area contributed by atoms with Gasteiger partial charge in [0.25, 0.3) is 0 Å². The predicted molar refractivity (Wildman–Crippen MR) is 80.5 cm³/mol. The zero-order valence-corrected chi connectivity index (χ0v) is 12.4. The van der Waals surface area contributed by atoms with Gasteiger partial charge in [-0.15, -0.1) is 0 Å². The molecule has 0 fully saturated rings. The number of fused-ring (bicyclic) bond motifs is 1. The van der Waals surface area contributed by atoms with Gasteiger partial charge in [0.2, 0.25) is 0 Å². The van der Waals surface area contributed by atoms with Gasteiger partial charge < -0.3 is 15.0 Å². The SMILES string of the molecule is C[Si](C)(C)CCOCn1ccc2cccc(N)c21. The van der Waals surface area contributed by atoms with Crippen LogP contribution in [0.1, 0.15) is 0 Å². The molecule has 0 atom stereocenters. The average molecular weight is 262 g/mol. The van der Waals surface area contributed by atoms with E-state index in [2.05, 4.69) is 36.3 Å². The third kappa shape index (κ3) is 3.14. The Balaban J connectivity index is 2.00. The minimum absolute atomic E-state index is 0.586. The minimum atomic E-state index is -1.00. The van der Waals surface area contributed by atoms with E-state index >= 15 is 0 Å². The average Bonchev–Trinajstić information content (AvgIpc) is 2.68. The lowest BCUT2D eigenvalue weighted by Crippen LogP contribution is -2.22. The van der Waals surface area contributed by atoms with Crippen molar-refractivity contribution in [1.82, 2.24) is 4.57 Å². The monoisotopic (exact) mass is 262 g/mol. The Morgan fingerprint density at radius 2 is 2.00 bits per heavy atom. The molecule has 18 heavy (non-hydrogen) atoms. The topological polar surface area (TPSA) is 40.2 Å². The van der Waals surface area contributed by atoms with Gasteiger partial charge in [0.1, 0.15) is 6.73 Å². The predicted octanol–water partition coefficient (Wildman–Crippen LogP) is 3.54. The Kier molecular flexibility index (Phi) is 3.78. The van der Waals surface area contributed by atoms with Crippen molar-refractivity contribution in [3.8, 4) is 0 Å². The molecule has 0 spiro atoms. The maximum atomic E-state index is 6.01. The van der Waals surface area contributed by atoms with Crippen LogP contribution in [0.5, 0.6) is 0 Å². The number of benzene rings is 1. The zero-order chi connectivity index (χ0) is 13.2. The number of rotatable bonds is 5.